The van der Waals surface area contributed by atoms with E-state index in [9.17, 15) is 9.18 Å². The lowest BCUT2D eigenvalue weighted by molar-refractivity contribution is 0.0940. The van der Waals surface area contributed by atoms with Gasteiger partial charge in [-0.3, -0.25) is 4.79 Å². The summed E-state index contributed by atoms with van der Waals surface area (Å²) in [6.07, 6.45) is 1.24. The van der Waals surface area contributed by atoms with Crippen molar-refractivity contribution in [3.63, 3.8) is 0 Å². The van der Waals surface area contributed by atoms with Gasteiger partial charge in [-0.2, -0.15) is 0 Å². The Morgan fingerprint density at radius 2 is 2.06 bits per heavy atom. The number of hydrogen-bond donors (Lipinski definition) is 3. The molecular formula is C24H22ClF2N3O4. The summed E-state index contributed by atoms with van der Waals surface area (Å²) in [6, 6.07) is 10.5. The van der Waals surface area contributed by atoms with E-state index >= 15 is 4.39 Å². The van der Waals surface area contributed by atoms with Crippen LogP contribution in [0.1, 0.15) is 21.5 Å². The Balaban J connectivity index is 1.97. The molecule has 0 bridgehead atoms. The van der Waals surface area contributed by atoms with Crippen molar-refractivity contribution in [1.29, 1.82) is 0 Å². The van der Waals surface area contributed by atoms with Crippen LogP contribution >= 0.6 is 11.6 Å². The zero-order valence-corrected chi connectivity index (χ0v) is 19.0. The third kappa shape index (κ3) is 4.06. The fraction of sp³-hybridized carbons (Fsp3) is 0.250. The predicted molar refractivity (Wildman–Crippen MR) is 122 cm³/mol. The Morgan fingerprint density at radius 1 is 1.32 bits per heavy atom. The number of pyridine rings is 1. The highest BCUT2D eigenvalue weighted by atomic mass is 35.5. The first-order valence-electron chi connectivity index (χ1n) is 10.4. The lowest BCUT2D eigenvalue weighted by Crippen LogP contribution is -2.41. The van der Waals surface area contributed by atoms with Crippen molar-refractivity contribution in [3.8, 4) is 22.8 Å². The monoisotopic (exact) mass is 489 g/mol. The number of benzene rings is 2. The number of aliphatic hydroxyl groups is 1. The molecule has 0 saturated carbocycles. The molecule has 2 heterocycles. The van der Waals surface area contributed by atoms with E-state index in [1.54, 1.807) is 7.05 Å². The van der Waals surface area contributed by atoms with Gasteiger partial charge in [-0.25, -0.2) is 13.8 Å². The van der Waals surface area contributed by atoms with Gasteiger partial charge in [-0.05, 0) is 12.6 Å². The molecule has 3 aromatic rings. The van der Waals surface area contributed by atoms with Crippen LogP contribution in [-0.2, 0) is 12.0 Å². The molecular weight excluding hydrogens is 468 g/mol. The molecule has 0 spiro atoms. The topological polar surface area (TPSA) is 107 Å². The maximum Gasteiger partial charge on any atom is 0.251 e. The van der Waals surface area contributed by atoms with Gasteiger partial charge in [0.2, 0.25) is 0 Å². The summed E-state index contributed by atoms with van der Waals surface area (Å²) >= 11 is 6.37. The van der Waals surface area contributed by atoms with Gasteiger partial charge in [0, 0.05) is 41.9 Å². The summed E-state index contributed by atoms with van der Waals surface area (Å²) < 4.78 is 42.0. The average molecular weight is 490 g/mol. The van der Waals surface area contributed by atoms with Crippen LogP contribution in [0.4, 0.5) is 8.78 Å². The number of ether oxygens (including phenoxy) is 2. The number of halogens is 3. The van der Waals surface area contributed by atoms with Crippen LogP contribution < -0.4 is 20.5 Å². The number of nitrogens with one attached hydrogen (secondary N) is 1. The number of hydrogen-bond acceptors (Lipinski definition) is 6. The lowest BCUT2D eigenvalue weighted by Gasteiger charge is -2.29. The molecule has 1 unspecified atom stereocenters. The molecule has 1 aliphatic rings. The average Bonchev–Trinajstić information content (AvgIpc) is 3.19. The van der Waals surface area contributed by atoms with Crippen LogP contribution in [0.2, 0.25) is 5.02 Å². The van der Waals surface area contributed by atoms with Crippen LogP contribution in [0.3, 0.4) is 0 Å². The highest BCUT2D eigenvalue weighted by Gasteiger charge is 2.43. The summed E-state index contributed by atoms with van der Waals surface area (Å²) in [7, 11) is 1.75. The highest BCUT2D eigenvalue weighted by molar-refractivity contribution is 6.34. The summed E-state index contributed by atoms with van der Waals surface area (Å²) in [5, 5.41) is 11.7. The summed E-state index contributed by atoms with van der Waals surface area (Å²) in [5.41, 5.74) is 5.09. The first-order chi connectivity index (χ1) is 16.3. The first kappa shape index (κ1) is 23.9. The molecule has 7 nitrogen and oxygen atoms in total. The second-order valence-electron chi connectivity index (χ2n) is 7.80. The molecule has 1 amide bonds. The van der Waals surface area contributed by atoms with Gasteiger partial charge in [0.05, 0.1) is 17.2 Å². The molecule has 34 heavy (non-hydrogen) atoms. The third-order valence-corrected chi connectivity index (χ3v) is 6.02. The maximum atomic E-state index is 15.6. The molecule has 1 atom stereocenters. The van der Waals surface area contributed by atoms with E-state index in [4.69, 9.17) is 31.9 Å². The standard InChI is InChI=1S/C24H22ClF2N3O4/c1-29-12-24(13-5-3-2-4-6-13)10-14-17(34-24)9-16(26)20(25)18(14)19-15(22(28)32)11-30-23(21(19)27)33-8-7-31/h2-6,9,11,29,31H,7-8,10,12H2,1H3,(H2,28,32). The van der Waals surface area contributed by atoms with Crippen LogP contribution in [0.25, 0.3) is 11.1 Å². The minimum atomic E-state index is -1.05. The van der Waals surface area contributed by atoms with Gasteiger partial charge in [0.15, 0.2) is 11.4 Å². The normalized spacial score (nSPS) is 16.7. The zero-order chi connectivity index (χ0) is 24.5. The Hall–Kier alpha value is -3.27. The number of carbonyl (C=O) groups excluding carboxylic acids is 1. The van der Waals surface area contributed by atoms with Gasteiger partial charge < -0.3 is 25.6 Å². The number of fused-ring (bicyclic) bond motifs is 1. The van der Waals surface area contributed by atoms with Gasteiger partial charge in [-0.1, -0.05) is 41.9 Å². The van der Waals surface area contributed by atoms with E-state index in [0.29, 0.717) is 12.1 Å². The van der Waals surface area contributed by atoms with Crippen LogP contribution in [0, 0.1) is 11.6 Å². The lowest BCUT2D eigenvalue weighted by atomic mass is 9.85. The van der Waals surface area contributed by atoms with Crippen molar-refractivity contribution in [2.45, 2.75) is 12.0 Å². The molecule has 1 aromatic heterocycles. The predicted octanol–water partition coefficient (Wildman–Crippen LogP) is 3.20. The number of aliphatic hydroxyl groups excluding tert-OH is 1. The van der Waals surface area contributed by atoms with Crippen LogP contribution in [0.5, 0.6) is 11.6 Å². The molecule has 2 aromatic carbocycles. The van der Waals surface area contributed by atoms with Crippen molar-refractivity contribution >= 4 is 17.5 Å². The summed E-state index contributed by atoms with van der Waals surface area (Å²) in [4.78, 5) is 16.0. The van der Waals surface area contributed by atoms with Crippen LogP contribution in [-0.4, -0.2) is 42.8 Å². The first-order valence-corrected chi connectivity index (χ1v) is 10.8. The van der Waals surface area contributed by atoms with E-state index in [1.807, 2.05) is 30.3 Å². The zero-order valence-electron chi connectivity index (χ0n) is 18.2. The van der Waals surface area contributed by atoms with E-state index in [2.05, 4.69) is 10.3 Å². The van der Waals surface area contributed by atoms with E-state index in [-0.39, 0.29) is 42.1 Å². The number of likely N-dealkylation sites (N-methyl/N-ethyl adjacent to an activating group) is 1. The highest BCUT2D eigenvalue weighted by Crippen LogP contribution is 2.50. The van der Waals surface area contributed by atoms with Gasteiger partial charge in [-0.15, -0.1) is 0 Å². The van der Waals surface area contributed by atoms with Crippen molar-refractivity contribution < 1.29 is 28.2 Å². The number of aromatic nitrogens is 1. The number of nitrogens with zero attached hydrogens (tertiary/aromatic N) is 1. The number of nitrogens with two attached hydrogens (primary N) is 1. The number of amides is 1. The van der Waals surface area contributed by atoms with Gasteiger partial charge >= 0.3 is 0 Å². The second-order valence-corrected chi connectivity index (χ2v) is 8.17. The Labute approximate surface area is 199 Å². The fourth-order valence-corrected chi connectivity index (χ4v) is 4.50. The van der Waals surface area contributed by atoms with Crippen molar-refractivity contribution in [2.24, 2.45) is 5.73 Å². The molecule has 178 valence electrons. The Bertz CT molecular complexity index is 1240. The quantitative estimate of drug-likeness (QED) is 0.448. The Kier molecular flexibility index (Phi) is 6.70. The number of primary amides is 1. The maximum absolute atomic E-state index is 15.6. The molecule has 1 aliphatic heterocycles. The van der Waals surface area contributed by atoms with Gasteiger partial charge in [0.1, 0.15) is 18.2 Å². The molecule has 0 aliphatic carbocycles. The van der Waals surface area contributed by atoms with Crippen molar-refractivity contribution in [1.82, 2.24) is 10.3 Å². The molecule has 10 heteroatoms. The SMILES string of the molecule is CNCC1(c2ccccc2)Cc2c(cc(F)c(Cl)c2-c2c(C(N)=O)cnc(OCCO)c2F)O1. The minimum Gasteiger partial charge on any atom is -0.480 e. The van der Waals surface area contributed by atoms with Crippen molar-refractivity contribution in [2.75, 3.05) is 26.8 Å². The van der Waals surface area contributed by atoms with Crippen molar-refractivity contribution in [3.05, 3.63) is 75.9 Å². The third-order valence-electron chi connectivity index (χ3n) is 5.65. The molecule has 0 fully saturated rings. The van der Waals surface area contributed by atoms with Gasteiger partial charge in [0.25, 0.3) is 11.8 Å². The molecule has 4 rings (SSSR count). The molecule has 0 saturated heterocycles. The summed E-state index contributed by atoms with van der Waals surface area (Å²) in [6.45, 7) is -0.269. The van der Waals surface area contributed by atoms with E-state index in [0.717, 1.165) is 17.8 Å². The Morgan fingerprint density at radius 3 is 2.71 bits per heavy atom. The number of rotatable bonds is 8. The minimum absolute atomic E-state index is 0.0619. The largest absolute Gasteiger partial charge is 0.480 e. The number of carbonyl (C=O) groups is 1. The smallest absolute Gasteiger partial charge is 0.251 e. The molecule has 0 radical (unpaired) electrons. The second kappa shape index (κ2) is 9.54. The fourth-order valence-electron chi connectivity index (χ4n) is 4.23. The summed E-state index contributed by atoms with van der Waals surface area (Å²) in [5.74, 6) is -3.20. The molecule has 4 N–H and O–H groups in total. The van der Waals surface area contributed by atoms with E-state index < -0.39 is 34.0 Å². The van der Waals surface area contributed by atoms with E-state index in [1.165, 1.54) is 0 Å². The van der Waals surface area contributed by atoms with Crippen LogP contribution in [0.15, 0.2) is 42.6 Å².